The number of nitrogens with zero attached hydrogens (tertiary/aromatic N) is 2. The molecule has 0 fully saturated rings. The second kappa shape index (κ2) is 5.11. The Hall–Kier alpha value is -2.67. The highest BCUT2D eigenvalue weighted by Crippen LogP contribution is 2.28. The van der Waals surface area contributed by atoms with Gasteiger partial charge in [0.1, 0.15) is 11.8 Å². The van der Waals surface area contributed by atoms with Crippen LogP contribution in [0.3, 0.4) is 0 Å². The number of ether oxygens (including phenoxy) is 1. The van der Waals surface area contributed by atoms with Crippen LogP contribution in [-0.4, -0.2) is 18.4 Å². The summed E-state index contributed by atoms with van der Waals surface area (Å²) in [5, 5.41) is 8.91. The number of aldehydes is 1. The molecular formula is C14H10N2O2. The number of nitriles is 1. The van der Waals surface area contributed by atoms with Gasteiger partial charge in [-0.3, -0.25) is 9.78 Å². The number of carbonyl (C=O) groups is 1. The molecule has 2 rings (SSSR count). The predicted molar refractivity (Wildman–Crippen MR) is 66.3 cm³/mol. The summed E-state index contributed by atoms with van der Waals surface area (Å²) in [5.74, 6) is 0.482. The Morgan fingerprint density at radius 1 is 1.39 bits per heavy atom. The van der Waals surface area contributed by atoms with Crippen molar-refractivity contribution in [2.45, 2.75) is 0 Å². The Kier molecular flexibility index (Phi) is 3.35. The van der Waals surface area contributed by atoms with Gasteiger partial charge in [0.05, 0.1) is 12.7 Å². The fraction of sp³-hybridized carbons (Fsp3) is 0.0714. The lowest BCUT2D eigenvalue weighted by Gasteiger charge is -2.07. The Morgan fingerprint density at radius 2 is 2.22 bits per heavy atom. The molecule has 18 heavy (non-hydrogen) atoms. The van der Waals surface area contributed by atoms with E-state index < -0.39 is 0 Å². The zero-order valence-corrected chi connectivity index (χ0v) is 9.75. The van der Waals surface area contributed by atoms with Crippen molar-refractivity contribution in [3.8, 4) is 22.9 Å². The molecule has 0 amide bonds. The van der Waals surface area contributed by atoms with E-state index in [1.165, 1.54) is 7.11 Å². The number of hydrogen-bond donors (Lipinski definition) is 0. The van der Waals surface area contributed by atoms with Crippen LogP contribution < -0.4 is 4.74 Å². The van der Waals surface area contributed by atoms with Gasteiger partial charge in [0, 0.05) is 23.5 Å². The van der Waals surface area contributed by atoms with Gasteiger partial charge in [-0.05, 0) is 23.8 Å². The molecule has 0 saturated carbocycles. The molecule has 0 unspecified atom stereocenters. The third kappa shape index (κ3) is 2.06. The molecule has 0 N–H and O–H groups in total. The summed E-state index contributed by atoms with van der Waals surface area (Å²) in [4.78, 5) is 15.0. The molecule has 4 heteroatoms. The highest BCUT2D eigenvalue weighted by Gasteiger charge is 2.08. The number of hydrogen-bond acceptors (Lipinski definition) is 4. The maximum absolute atomic E-state index is 11.0. The minimum Gasteiger partial charge on any atom is -0.495 e. The van der Waals surface area contributed by atoms with Crippen LogP contribution >= 0.6 is 0 Å². The maximum Gasteiger partial charge on any atom is 0.150 e. The molecule has 1 heterocycles. The second-order valence-corrected chi connectivity index (χ2v) is 3.61. The van der Waals surface area contributed by atoms with Crippen molar-refractivity contribution in [1.29, 1.82) is 5.26 Å². The number of benzene rings is 1. The molecule has 4 nitrogen and oxygen atoms in total. The van der Waals surface area contributed by atoms with E-state index in [0.717, 1.165) is 17.4 Å². The third-order valence-corrected chi connectivity index (χ3v) is 2.61. The van der Waals surface area contributed by atoms with E-state index in [9.17, 15) is 4.79 Å². The van der Waals surface area contributed by atoms with Crippen LogP contribution in [0.25, 0.3) is 11.1 Å². The van der Waals surface area contributed by atoms with E-state index in [2.05, 4.69) is 4.98 Å². The van der Waals surface area contributed by atoms with E-state index in [4.69, 9.17) is 10.00 Å². The third-order valence-electron chi connectivity index (χ3n) is 2.61. The van der Waals surface area contributed by atoms with Crippen LogP contribution in [-0.2, 0) is 0 Å². The topological polar surface area (TPSA) is 63.0 Å². The summed E-state index contributed by atoms with van der Waals surface area (Å²) in [5.41, 5.74) is 2.52. The van der Waals surface area contributed by atoms with Crippen molar-refractivity contribution in [2.75, 3.05) is 7.11 Å². The van der Waals surface area contributed by atoms with Crippen LogP contribution in [0.2, 0.25) is 0 Å². The molecular weight excluding hydrogens is 228 g/mol. The van der Waals surface area contributed by atoms with Gasteiger partial charge in [0.2, 0.25) is 0 Å². The monoisotopic (exact) mass is 238 g/mol. The predicted octanol–water partition coefficient (Wildman–Crippen LogP) is 2.44. The summed E-state index contributed by atoms with van der Waals surface area (Å²) in [7, 11) is 1.50. The summed E-state index contributed by atoms with van der Waals surface area (Å²) in [6.07, 6.45) is 3.96. The van der Waals surface area contributed by atoms with Gasteiger partial charge in [0.25, 0.3) is 0 Å². The highest BCUT2D eigenvalue weighted by atomic mass is 16.5. The fourth-order valence-corrected chi connectivity index (χ4v) is 1.70. The van der Waals surface area contributed by atoms with Crippen molar-refractivity contribution in [1.82, 2.24) is 4.98 Å². The van der Waals surface area contributed by atoms with Gasteiger partial charge in [0.15, 0.2) is 6.29 Å². The molecule has 0 aliphatic carbocycles. The van der Waals surface area contributed by atoms with E-state index >= 15 is 0 Å². The van der Waals surface area contributed by atoms with E-state index in [1.807, 2.05) is 6.07 Å². The van der Waals surface area contributed by atoms with E-state index in [-0.39, 0.29) is 0 Å². The smallest absolute Gasteiger partial charge is 0.150 e. The number of aromatic nitrogens is 1. The lowest BCUT2D eigenvalue weighted by atomic mass is 10.0. The van der Waals surface area contributed by atoms with Crippen molar-refractivity contribution in [3.63, 3.8) is 0 Å². The van der Waals surface area contributed by atoms with Gasteiger partial charge in [-0.15, -0.1) is 0 Å². The molecule has 0 atom stereocenters. The van der Waals surface area contributed by atoms with Crippen molar-refractivity contribution < 1.29 is 9.53 Å². The van der Waals surface area contributed by atoms with Gasteiger partial charge in [-0.25, -0.2) is 0 Å². The molecule has 0 aliphatic heterocycles. The van der Waals surface area contributed by atoms with Crippen LogP contribution in [0.1, 0.15) is 15.9 Å². The molecule has 88 valence electrons. The van der Waals surface area contributed by atoms with Crippen molar-refractivity contribution in [2.24, 2.45) is 0 Å². The zero-order chi connectivity index (χ0) is 13.0. The summed E-state index contributed by atoms with van der Waals surface area (Å²) in [6.45, 7) is 0. The minimum absolute atomic E-state index is 0.456. The first-order chi connectivity index (χ1) is 8.80. The minimum atomic E-state index is 0.456. The average molecular weight is 238 g/mol. The molecule has 2 aromatic rings. The van der Waals surface area contributed by atoms with Gasteiger partial charge < -0.3 is 4.74 Å². The molecule has 0 aliphatic rings. The lowest BCUT2D eigenvalue weighted by molar-refractivity contribution is 0.112. The Balaban J connectivity index is 2.58. The van der Waals surface area contributed by atoms with Gasteiger partial charge >= 0.3 is 0 Å². The Morgan fingerprint density at radius 3 is 2.89 bits per heavy atom. The average Bonchev–Trinajstić information content (AvgIpc) is 2.46. The molecule has 1 aromatic heterocycles. The van der Waals surface area contributed by atoms with E-state index in [1.54, 1.807) is 36.7 Å². The van der Waals surface area contributed by atoms with Crippen molar-refractivity contribution >= 4 is 6.29 Å². The second-order valence-electron chi connectivity index (χ2n) is 3.61. The van der Waals surface area contributed by atoms with Crippen LogP contribution in [0, 0.1) is 11.3 Å². The molecule has 0 bridgehead atoms. The molecule has 0 spiro atoms. The Labute approximate surface area is 104 Å². The van der Waals surface area contributed by atoms with Crippen LogP contribution in [0.4, 0.5) is 0 Å². The van der Waals surface area contributed by atoms with Crippen LogP contribution in [0.15, 0.2) is 36.7 Å². The normalized spacial score (nSPS) is 9.56. The van der Waals surface area contributed by atoms with Gasteiger partial charge in [-0.2, -0.15) is 5.26 Å². The zero-order valence-electron chi connectivity index (χ0n) is 9.75. The first-order valence-corrected chi connectivity index (χ1v) is 5.28. The van der Waals surface area contributed by atoms with Gasteiger partial charge in [-0.1, -0.05) is 6.07 Å². The quantitative estimate of drug-likeness (QED) is 0.770. The van der Waals surface area contributed by atoms with Crippen LogP contribution in [0.5, 0.6) is 5.75 Å². The summed E-state index contributed by atoms with van der Waals surface area (Å²) >= 11 is 0. The highest BCUT2D eigenvalue weighted by molar-refractivity contribution is 5.87. The molecule has 0 saturated heterocycles. The first-order valence-electron chi connectivity index (χ1n) is 5.28. The number of methoxy groups -OCH3 is 1. The largest absolute Gasteiger partial charge is 0.495 e. The SMILES string of the molecule is COc1cc(-c2cnccc2C=O)ccc1C#N. The molecule has 0 radical (unpaired) electrons. The lowest BCUT2D eigenvalue weighted by Crippen LogP contribution is -1.92. The maximum atomic E-state index is 11.0. The Bertz CT molecular complexity index is 630. The number of carbonyl (C=O) groups excluding carboxylic acids is 1. The van der Waals surface area contributed by atoms with E-state index in [0.29, 0.717) is 16.9 Å². The summed E-state index contributed by atoms with van der Waals surface area (Å²) < 4.78 is 5.14. The first kappa shape index (κ1) is 11.8. The van der Waals surface area contributed by atoms with Crippen molar-refractivity contribution in [3.05, 3.63) is 47.8 Å². The number of rotatable bonds is 3. The number of pyridine rings is 1. The molecule has 1 aromatic carbocycles. The summed E-state index contributed by atoms with van der Waals surface area (Å²) in [6, 6.07) is 8.85. The fourth-order valence-electron chi connectivity index (χ4n) is 1.70. The standard InChI is InChI=1S/C14H10N2O2/c1-18-14-6-10(2-3-11(14)7-15)13-8-16-5-4-12(13)9-17/h2-6,8-9H,1H3.